The topological polar surface area (TPSA) is 67.2 Å². The molecule has 1 aliphatic heterocycles. The van der Waals surface area contributed by atoms with Crippen molar-refractivity contribution in [2.75, 3.05) is 11.9 Å². The minimum absolute atomic E-state index is 0.0345. The highest BCUT2D eigenvalue weighted by molar-refractivity contribution is 5.98. The predicted octanol–water partition coefficient (Wildman–Crippen LogP) is 3.85. The first-order valence-electron chi connectivity index (χ1n) is 9.92. The van der Waals surface area contributed by atoms with Crippen LogP contribution in [0.4, 0.5) is 5.69 Å². The van der Waals surface area contributed by atoms with Gasteiger partial charge in [0.2, 0.25) is 11.8 Å². The van der Waals surface area contributed by atoms with E-state index in [1.165, 1.54) is 0 Å². The highest BCUT2D eigenvalue weighted by Gasteiger charge is 2.36. The molecule has 1 fully saturated rings. The van der Waals surface area contributed by atoms with Gasteiger partial charge in [0.25, 0.3) is 0 Å². The fourth-order valence-corrected chi connectivity index (χ4v) is 3.68. The molecule has 6 nitrogen and oxygen atoms in total. The van der Waals surface area contributed by atoms with Gasteiger partial charge in [-0.25, -0.2) is 4.68 Å². The van der Waals surface area contributed by atoms with E-state index in [2.05, 4.69) is 10.4 Å². The number of carbonyl (C=O) groups is 2. The number of anilines is 1. The number of piperidine rings is 1. The largest absolute Gasteiger partial charge is 0.330 e. The summed E-state index contributed by atoms with van der Waals surface area (Å²) in [5.41, 5.74) is 3.22. The summed E-state index contributed by atoms with van der Waals surface area (Å²) in [4.78, 5) is 27.4. The smallest absolute Gasteiger partial charge is 0.247 e. The van der Waals surface area contributed by atoms with E-state index in [0.717, 1.165) is 35.6 Å². The maximum absolute atomic E-state index is 12.9. The maximum Gasteiger partial charge on any atom is 0.247 e. The van der Waals surface area contributed by atoms with E-state index < -0.39 is 11.5 Å². The standard InChI is InChI=1S/C22H30N4O2/c1-15-14-16(2)26(24-15)18-11-9-17(10-12-18)23-20(27)19-8-6-7-13-25(19)21(28)22(3,4)5/h9-12,14,19H,6-8,13H2,1-5H3,(H,23,27)/t19-/m0/s1. The molecule has 0 bridgehead atoms. The molecule has 0 spiro atoms. The number of hydrogen-bond donors (Lipinski definition) is 1. The van der Waals surface area contributed by atoms with Crippen LogP contribution in [-0.2, 0) is 9.59 Å². The summed E-state index contributed by atoms with van der Waals surface area (Å²) in [7, 11) is 0. The van der Waals surface area contributed by atoms with E-state index in [1.807, 2.05) is 69.6 Å². The summed E-state index contributed by atoms with van der Waals surface area (Å²) < 4.78 is 1.88. The van der Waals surface area contributed by atoms with Crippen molar-refractivity contribution in [1.82, 2.24) is 14.7 Å². The average molecular weight is 383 g/mol. The Bertz CT molecular complexity index is 862. The molecule has 1 saturated heterocycles. The van der Waals surface area contributed by atoms with Crippen molar-refractivity contribution in [3.05, 3.63) is 41.7 Å². The molecule has 3 rings (SSSR count). The first-order chi connectivity index (χ1) is 13.2. The van der Waals surface area contributed by atoms with Gasteiger partial charge in [-0.1, -0.05) is 20.8 Å². The second-order valence-electron chi connectivity index (χ2n) is 8.64. The molecular weight excluding hydrogens is 352 g/mol. The van der Waals surface area contributed by atoms with Crippen molar-refractivity contribution in [3.8, 4) is 5.69 Å². The van der Waals surface area contributed by atoms with Crippen LogP contribution in [0.2, 0.25) is 0 Å². The molecule has 0 unspecified atom stereocenters. The Kier molecular flexibility index (Phi) is 5.59. The fraction of sp³-hybridized carbons (Fsp3) is 0.500. The monoisotopic (exact) mass is 382 g/mol. The maximum atomic E-state index is 12.9. The van der Waals surface area contributed by atoms with Gasteiger partial charge in [-0.2, -0.15) is 5.10 Å². The van der Waals surface area contributed by atoms with Crippen LogP contribution in [0.15, 0.2) is 30.3 Å². The lowest BCUT2D eigenvalue weighted by Gasteiger charge is -2.38. The van der Waals surface area contributed by atoms with Crippen LogP contribution in [0.5, 0.6) is 0 Å². The first-order valence-corrected chi connectivity index (χ1v) is 9.92. The first kappa shape index (κ1) is 20.1. The number of amides is 2. The fourth-order valence-electron chi connectivity index (χ4n) is 3.68. The molecule has 0 saturated carbocycles. The van der Waals surface area contributed by atoms with E-state index in [1.54, 1.807) is 4.90 Å². The molecule has 1 aliphatic rings. The molecule has 1 atom stereocenters. The number of benzene rings is 1. The predicted molar refractivity (Wildman–Crippen MR) is 110 cm³/mol. The number of likely N-dealkylation sites (tertiary alicyclic amines) is 1. The van der Waals surface area contributed by atoms with E-state index in [4.69, 9.17) is 0 Å². The molecule has 2 heterocycles. The zero-order chi connectivity index (χ0) is 20.5. The third-order valence-corrected chi connectivity index (χ3v) is 5.10. The number of hydrogen-bond acceptors (Lipinski definition) is 3. The Morgan fingerprint density at radius 3 is 2.36 bits per heavy atom. The summed E-state index contributed by atoms with van der Waals surface area (Å²) in [6.07, 6.45) is 2.61. The molecule has 0 radical (unpaired) electrons. The zero-order valence-corrected chi connectivity index (χ0v) is 17.5. The number of carbonyl (C=O) groups excluding carboxylic acids is 2. The lowest BCUT2D eigenvalue weighted by molar-refractivity contribution is -0.147. The lowest BCUT2D eigenvalue weighted by atomic mass is 9.91. The third-order valence-electron chi connectivity index (χ3n) is 5.10. The molecule has 150 valence electrons. The third kappa shape index (κ3) is 4.26. The second kappa shape index (κ2) is 7.78. The van der Waals surface area contributed by atoms with Crippen molar-refractivity contribution < 1.29 is 9.59 Å². The Labute approximate surface area is 166 Å². The van der Waals surface area contributed by atoms with E-state index in [9.17, 15) is 9.59 Å². The van der Waals surface area contributed by atoms with Gasteiger partial charge in [-0.05, 0) is 63.4 Å². The molecule has 0 aliphatic carbocycles. The number of aryl methyl sites for hydroxylation is 2. The average Bonchev–Trinajstić information content (AvgIpc) is 2.99. The summed E-state index contributed by atoms with van der Waals surface area (Å²) in [6.45, 7) is 10.3. The number of aromatic nitrogens is 2. The summed E-state index contributed by atoms with van der Waals surface area (Å²) in [6, 6.07) is 9.25. The molecular formula is C22H30N4O2. The Hall–Kier alpha value is -2.63. The van der Waals surface area contributed by atoms with Crippen LogP contribution in [-0.4, -0.2) is 39.1 Å². The van der Waals surface area contributed by atoms with Crippen molar-refractivity contribution in [2.45, 2.75) is 59.9 Å². The van der Waals surface area contributed by atoms with Crippen LogP contribution < -0.4 is 5.32 Å². The number of nitrogens with one attached hydrogen (secondary N) is 1. The van der Waals surface area contributed by atoms with Gasteiger partial charge in [0.15, 0.2) is 0 Å². The number of rotatable bonds is 3. The minimum atomic E-state index is -0.489. The van der Waals surface area contributed by atoms with E-state index in [0.29, 0.717) is 13.0 Å². The van der Waals surface area contributed by atoms with Crippen LogP contribution in [0.3, 0.4) is 0 Å². The van der Waals surface area contributed by atoms with Gasteiger partial charge in [-0.3, -0.25) is 9.59 Å². The zero-order valence-electron chi connectivity index (χ0n) is 17.5. The SMILES string of the molecule is Cc1cc(C)n(-c2ccc(NC(=O)[C@@H]3CCCCN3C(=O)C(C)(C)C)cc2)n1. The van der Waals surface area contributed by atoms with Gasteiger partial charge >= 0.3 is 0 Å². The molecule has 2 aromatic rings. The Morgan fingerprint density at radius 1 is 1.11 bits per heavy atom. The molecule has 28 heavy (non-hydrogen) atoms. The highest BCUT2D eigenvalue weighted by atomic mass is 16.2. The van der Waals surface area contributed by atoms with Gasteiger partial charge < -0.3 is 10.2 Å². The van der Waals surface area contributed by atoms with Gasteiger partial charge in [0, 0.05) is 23.3 Å². The second-order valence-corrected chi connectivity index (χ2v) is 8.64. The molecule has 1 N–H and O–H groups in total. The van der Waals surface area contributed by atoms with E-state index in [-0.39, 0.29) is 11.8 Å². The quantitative estimate of drug-likeness (QED) is 0.877. The van der Waals surface area contributed by atoms with Crippen LogP contribution in [0, 0.1) is 19.3 Å². The number of nitrogens with zero attached hydrogens (tertiary/aromatic N) is 3. The van der Waals surface area contributed by atoms with E-state index >= 15 is 0 Å². The Morgan fingerprint density at radius 2 is 1.79 bits per heavy atom. The summed E-state index contributed by atoms with van der Waals surface area (Å²) in [5.74, 6) is -0.0802. The van der Waals surface area contributed by atoms with Crippen molar-refractivity contribution >= 4 is 17.5 Å². The normalized spacial score (nSPS) is 17.5. The lowest BCUT2D eigenvalue weighted by Crippen LogP contribution is -2.53. The molecule has 1 aromatic carbocycles. The van der Waals surface area contributed by atoms with Crippen molar-refractivity contribution in [2.24, 2.45) is 5.41 Å². The minimum Gasteiger partial charge on any atom is -0.330 e. The van der Waals surface area contributed by atoms with Gasteiger partial charge in [0.1, 0.15) is 6.04 Å². The van der Waals surface area contributed by atoms with Crippen LogP contribution in [0.1, 0.15) is 51.4 Å². The molecule has 2 amide bonds. The van der Waals surface area contributed by atoms with Crippen molar-refractivity contribution in [1.29, 1.82) is 0 Å². The molecule has 6 heteroatoms. The Balaban J connectivity index is 1.72. The van der Waals surface area contributed by atoms with Gasteiger partial charge in [-0.15, -0.1) is 0 Å². The summed E-state index contributed by atoms with van der Waals surface area (Å²) in [5, 5.41) is 7.47. The highest BCUT2D eigenvalue weighted by Crippen LogP contribution is 2.26. The van der Waals surface area contributed by atoms with Gasteiger partial charge in [0.05, 0.1) is 11.4 Å². The van der Waals surface area contributed by atoms with Crippen molar-refractivity contribution in [3.63, 3.8) is 0 Å². The molecule has 1 aromatic heterocycles. The van der Waals surface area contributed by atoms with Crippen LogP contribution in [0.25, 0.3) is 5.69 Å². The van der Waals surface area contributed by atoms with Crippen LogP contribution >= 0.6 is 0 Å². The summed E-state index contributed by atoms with van der Waals surface area (Å²) >= 11 is 0.